The summed E-state index contributed by atoms with van der Waals surface area (Å²) in [7, 11) is 0. The number of rotatable bonds is 4. The van der Waals surface area contributed by atoms with Crippen LogP contribution >= 0.6 is 0 Å². The molecule has 0 radical (unpaired) electrons. The maximum atomic E-state index is 13.4. The quantitative estimate of drug-likeness (QED) is 0.922. The molecule has 1 unspecified atom stereocenters. The fraction of sp³-hybridized carbons (Fsp3) is 0.143. The minimum Gasteiger partial charge on any atom is -0.490 e. The highest BCUT2D eigenvalue weighted by molar-refractivity contribution is 5.24. The Morgan fingerprint density at radius 3 is 2.53 bits per heavy atom. The molecule has 0 amide bonds. The zero-order valence-electron chi connectivity index (χ0n) is 9.82. The summed E-state index contributed by atoms with van der Waals surface area (Å²) in [6, 6.07) is 8.83. The van der Waals surface area contributed by atoms with Gasteiger partial charge >= 0.3 is 0 Å². The van der Waals surface area contributed by atoms with Crippen LogP contribution in [-0.4, -0.2) is 11.7 Å². The normalized spacial score (nSPS) is 12.2. The van der Waals surface area contributed by atoms with Gasteiger partial charge in [0.05, 0.1) is 0 Å². The lowest BCUT2D eigenvalue weighted by Crippen LogP contribution is -2.12. The number of aliphatic hydroxyl groups is 1. The van der Waals surface area contributed by atoms with Crippen molar-refractivity contribution in [3.63, 3.8) is 0 Å². The molecule has 2 aromatic carbocycles. The Morgan fingerprint density at radius 2 is 1.79 bits per heavy atom. The maximum absolute atomic E-state index is 13.4. The molecule has 0 fully saturated rings. The van der Waals surface area contributed by atoms with Crippen molar-refractivity contribution < 1.29 is 23.0 Å². The van der Waals surface area contributed by atoms with E-state index in [2.05, 4.69) is 0 Å². The Balaban J connectivity index is 2.05. The van der Waals surface area contributed by atoms with E-state index in [0.717, 1.165) is 12.1 Å². The molecule has 5 heteroatoms. The molecule has 0 aliphatic heterocycles. The molecular weight excluding hydrogens is 257 g/mol. The van der Waals surface area contributed by atoms with Crippen molar-refractivity contribution in [3.8, 4) is 5.75 Å². The van der Waals surface area contributed by atoms with Crippen molar-refractivity contribution in [2.75, 3.05) is 6.61 Å². The first-order valence-electron chi connectivity index (χ1n) is 5.58. The van der Waals surface area contributed by atoms with E-state index in [1.807, 2.05) is 0 Å². The van der Waals surface area contributed by atoms with E-state index in [1.165, 1.54) is 30.3 Å². The lowest BCUT2D eigenvalue weighted by atomic mass is 10.1. The van der Waals surface area contributed by atoms with Crippen LogP contribution in [-0.2, 0) is 0 Å². The lowest BCUT2D eigenvalue weighted by molar-refractivity contribution is 0.104. The van der Waals surface area contributed by atoms with E-state index < -0.39 is 23.6 Å². The summed E-state index contributed by atoms with van der Waals surface area (Å²) < 4.78 is 44.4. The number of ether oxygens (including phenoxy) is 1. The monoisotopic (exact) mass is 268 g/mol. The summed E-state index contributed by atoms with van der Waals surface area (Å²) >= 11 is 0. The Bertz CT molecular complexity index is 572. The number of halogens is 3. The third kappa shape index (κ3) is 3.26. The highest BCUT2D eigenvalue weighted by Gasteiger charge is 2.16. The van der Waals surface area contributed by atoms with E-state index in [4.69, 9.17) is 4.74 Å². The number of hydrogen-bond acceptors (Lipinski definition) is 2. The predicted molar refractivity (Wildman–Crippen MR) is 63.2 cm³/mol. The van der Waals surface area contributed by atoms with Gasteiger partial charge in [-0.25, -0.2) is 13.2 Å². The van der Waals surface area contributed by atoms with Crippen LogP contribution in [0.2, 0.25) is 0 Å². The summed E-state index contributed by atoms with van der Waals surface area (Å²) in [5, 5.41) is 9.73. The van der Waals surface area contributed by atoms with E-state index >= 15 is 0 Å². The van der Waals surface area contributed by atoms with Crippen molar-refractivity contribution >= 4 is 0 Å². The largest absolute Gasteiger partial charge is 0.490 e. The van der Waals surface area contributed by atoms with Crippen molar-refractivity contribution in [3.05, 3.63) is 65.5 Å². The van der Waals surface area contributed by atoms with Gasteiger partial charge in [0.15, 0.2) is 11.6 Å². The van der Waals surface area contributed by atoms with Gasteiger partial charge in [0.1, 0.15) is 24.3 Å². The second-order valence-corrected chi connectivity index (χ2v) is 3.93. The Hall–Kier alpha value is -2.01. The molecule has 1 atom stereocenters. The second-order valence-electron chi connectivity index (χ2n) is 3.93. The SMILES string of the molecule is OC(COc1cccc(F)c1)c1cccc(F)c1F. The predicted octanol–water partition coefficient (Wildman–Crippen LogP) is 3.22. The minimum atomic E-state index is -1.33. The van der Waals surface area contributed by atoms with E-state index in [9.17, 15) is 18.3 Å². The molecule has 0 aromatic heterocycles. The molecule has 0 bridgehead atoms. The summed E-state index contributed by atoms with van der Waals surface area (Å²) in [6.45, 7) is -0.302. The van der Waals surface area contributed by atoms with Crippen LogP contribution in [0.25, 0.3) is 0 Å². The molecule has 0 saturated heterocycles. The second kappa shape index (κ2) is 5.75. The zero-order chi connectivity index (χ0) is 13.8. The average Bonchev–Trinajstić information content (AvgIpc) is 2.39. The summed E-state index contributed by atoms with van der Waals surface area (Å²) in [5.74, 6) is -2.43. The van der Waals surface area contributed by atoms with Crippen molar-refractivity contribution in [1.29, 1.82) is 0 Å². The maximum Gasteiger partial charge on any atom is 0.164 e. The van der Waals surface area contributed by atoms with E-state index in [-0.39, 0.29) is 17.9 Å². The van der Waals surface area contributed by atoms with Crippen LogP contribution < -0.4 is 4.74 Å². The number of hydrogen-bond donors (Lipinski definition) is 1. The topological polar surface area (TPSA) is 29.5 Å². The average molecular weight is 268 g/mol. The van der Waals surface area contributed by atoms with Gasteiger partial charge in [-0.15, -0.1) is 0 Å². The zero-order valence-corrected chi connectivity index (χ0v) is 9.82. The third-order valence-electron chi connectivity index (χ3n) is 2.54. The molecule has 19 heavy (non-hydrogen) atoms. The van der Waals surface area contributed by atoms with Gasteiger partial charge < -0.3 is 9.84 Å². The highest BCUT2D eigenvalue weighted by Crippen LogP contribution is 2.21. The van der Waals surface area contributed by atoms with Gasteiger partial charge in [-0.3, -0.25) is 0 Å². The smallest absolute Gasteiger partial charge is 0.164 e. The van der Waals surface area contributed by atoms with Crippen LogP contribution in [0.15, 0.2) is 42.5 Å². The summed E-state index contributed by atoms with van der Waals surface area (Å²) in [6.07, 6.45) is -1.33. The van der Waals surface area contributed by atoms with Crippen molar-refractivity contribution in [2.45, 2.75) is 6.10 Å². The van der Waals surface area contributed by atoms with Crippen LogP contribution in [0, 0.1) is 17.5 Å². The van der Waals surface area contributed by atoms with Gasteiger partial charge in [-0.2, -0.15) is 0 Å². The number of aliphatic hydroxyl groups excluding tert-OH is 1. The first-order chi connectivity index (χ1) is 9.08. The van der Waals surface area contributed by atoms with Gasteiger partial charge in [0.2, 0.25) is 0 Å². The molecule has 0 aliphatic carbocycles. The highest BCUT2D eigenvalue weighted by atomic mass is 19.2. The van der Waals surface area contributed by atoms with E-state index in [0.29, 0.717) is 0 Å². The lowest BCUT2D eigenvalue weighted by Gasteiger charge is -2.13. The molecule has 2 rings (SSSR count). The fourth-order valence-electron chi connectivity index (χ4n) is 1.60. The first kappa shape index (κ1) is 13.4. The standard InChI is InChI=1S/C14H11F3O2/c15-9-3-1-4-10(7-9)19-8-13(18)11-5-2-6-12(16)14(11)17/h1-7,13,18H,8H2. The number of benzene rings is 2. The Labute approximate surface area is 108 Å². The fourth-order valence-corrected chi connectivity index (χ4v) is 1.60. The molecule has 1 N–H and O–H groups in total. The molecule has 0 aliphatic rings. The molecule has 2 nitrogen and oxygen atoms in total. The Kier molecular flexibility index (Phi) is 4.06. The first-order valence-corrected chi connectivity index (χ1v) is 5.58. The molecular formula is C14H11F3O2. The van der Waals surface area contributed by atoms with Crippen molar-refractivity contribution in [1.82, 2.24) is 0 Å². The van der Waals surface area contributed by atoms with Gasteiger partial charge in [-0.1, -0.05) is 18.2 Å². The van der Waals surface area contributed by atoms with Crippen LogP contribution in [0.4, 0.5) is 13.2 Å². The molecule has 0 spiro atoms. The molecule has 100 valence electrons. The van der Waals surface area contributed by atoms with Crippen molar-refractivity contribution in [2.24, 2.45) is 0 Å². The van der Waals surface area contributed by atoms with Crippen LogP contribution in [0.5, 0.6) is 5.75 Å². The Morgan fingerprint density at radius 1 is 1.05 bits per heavy atom. The summed E-state index contributed by atoms with van der Waals surface area (Å²) in [5.41, 5.74) is -0.198. The van der Waals surface area contributed by atoms with Gasteiger partial charge in [0.25, 0.3) is 0 Å². The van der Waals surface area contributed by atoms with E-state index in [1.54, 1.807) is 0 Å². The molecule has 0 heterocycles. The van der Waals surface area contributed by atoms with Gasteiger partial charge in [-0.05, 0) is 18.2 Å². The molecule has 2 aromatic rings. The minimum absolute atomic E-state index is 0.198. The van der Waals surface area contributed by atoms with Gasteiger partial charge in [0, 0.05) is 11.6 Å². The van der Waals surface area contributed by atoms with Crippen LogP contribution in [0.3, 0.4) is 0 Å². The summed E-state index contributed by atoms with van der Waals surface area (Å²) in [4.78, 5) is 0. The van der Waals surface area contributed by atoms with Crippen LogP contribution in [0.1, 0.15) is 11.7 Å². The molecule has 0 saturated carbocycles. The third-order valence-corrected chi connectivity index (χ3v) is 2.54.